The molecule has 0 saturated carbocycles. The molecule has 1 aromatic carbocycles. The zero-order valence-electron chi connectivity index (χ0n) is 11.7. The smallest absolute Gasteiger partial charge is 0.314 e. The maximum Gasteiger partial charge on any atom is 0.314 e. The monoisotopic (exact) mass is 354 g/mol. The predicted octanol–water partition coefficient (Wildman–Crippen LogP) is 1.21. The molecule has 0 fully saturated rings. The van der Waals surface area contributed by atoms with Gasteiger partial charge in [0.25, 0.3) is 10.1 Å². The van der Waals surface area contributed by atoms with Crippen LogP contribution >= 0.6 is 0 Å². The van der Waals surface area contributed by atoms with E-state index in [9.17, 15) is 38.1 Å². The second-order valence-corrected chi connectivity index (χ2v) is 6.16. The lowest BCUT2D eigenvalue weighted by molar-refractivity contribution is -0.386. The van der Waals surface area contributed by atoms with E-state index in [1.165, 1.54) is 24.5 Å². The number of hydrogen-bond acceptors (Lipinski definition) is 8. The number of carbonyl (C=O) groups excluding carboxylic acids is 1. The van der Waals surface area contributed by atoms with Crippen LogP contribution < -0.4 is 0 Å². The summed E-state index contributed by atoms with van der Waals surface area (Å²) in [5, 5.41) is 27.6. The van der Waals surface area contributed by atoms with Gasteiger partial charge in [0.1, 0.15) is 0 Å². The molecule has 3 N–H and O–H groups in total. The van der Waals surface area contributed by atoms with Gasteiger partial charge in [-0.3, -0.25) is 24.4 Å². The standard InChI is InChI=1S/C13H10N2O8S/c16-10-6-8(5-9(12(10)18)15(19)20)13(24(21,22)23)11(17)7-1-3-14-4-2-7/h1-6,13,16,18H,(H,21,22,23). The summed E-state index contributed by atoms with van der Waals surface area (Å²) in [4.78, 5) is 25.8. The number of rotatable bonds is 5. The molecular formula is C13H10N2O8S. The van der Waals surface area contributed by atoms with Gasteiger partial charge in [-0.15, -0.1) is 0 Å². The fraction of sp³-hybridized carbons (Fsp3) is 0.0769. The number of benzene rings is 1. The normalized spacial score (nSPS) is 12.5. The highest BCUT2D eigenvalue weighted by Crippen LogP contribution is 2.39. The van der Waals surface area contributed by atoms with Gasteiger partial charge in [-0.1, -0.05) is 0 Å². The summed E-state index contributed by atoms with van der Waals surface area (Å²) in [7, 11) is -5.02. The van der Waals surface area contributed by atoms with E-state index < -0.39 is 48.8 Å². The largest absolute Gasteiger partial charge is 0.504 e. The number of aromatic nitrogens is 1. The number of phenols is 2. The highest BCUT2D eigenvalue weighted by Gasteiger charge is 2.36. The molecule has 0 spiro atoms. The number of nitrogens with zero attached hydrogens (tertiary/aromatic N) is 2. The van der Waals surface area contributed by atoms with Crippen LogP contribution in [0.3, 0.4) is 0 Å². The van der Waals surface area contributed by atoms with Gasteiger partial charge in [0.15, 0.2) is 16.8 Å². The quantitative estimate of drug-likeness (QED) is 0.235. The van der Waals surface area contributed by atoms with Crippen LogP contribution in [0.25, 0.3) is 0 Å². The Bertz CT molecular complexity index is 911. The van der Waals surface area contributed by atoms with Crippen LogP contribution in [0.5, 0.6) is 11.5 Å². The van der Waals surface area contributed by atoms with E-state index in [2.05, 4.69) is 4.98 Å². The minimum atomic E-state index is -5.02. The summed E-state index contributed by atoms with van der Waals surface area (Å²) in [6.45, 7) is 0. The SMILES string of the molecule is O=C(c1ccncc1)C(c1cc(O)c(O)c([N+](=O)[O-])c1)S(=O)(=O)O. The van der Waals surface area contributed by atoms with Crippen molar-refractivity contribution in [1.82, 2.24) is 4.98 Å². The number of hydrogen-bond donors (Lipinski definition) is 3. The van der Waals surface area contributed by atoms with Gasteiger partial charge < -0.3 is 10.2 Å². The molecule has 1 aromatic heterocycles. The molecule has 1 atom stereocenters. The first kappa shape index (κ1) is 17.3. The van der Waals surface area contributed by atoms with Crippen LogP contribution in [0.2, 0.25) is 0 Å². The van der Waals surface area contributed by atoms with E-state index in [0.717, 1.165) is 0 Å². The second-order valence-electron chi connectivity index (χ2n) is 4.66. The average molecular weight is 354 g/mol. The van der Waals surface area contributed by atoms with E-state index >= 15 is 0 Å². The fourth-order valence-electron chi connectivity index (χ4n) is 2.04. The molecule has 0 aliphatic carbocycles. The number of nitro benzene ring substituents is 1. The van der Waals surface area contributed by atoms with Crippen molar-refractivity contribution in [3.63, 3.8) is 0 Å². The van der Waals surface area contributed by atoms with Crippen LogP contribution in [0.15, 0.2) is 36.7 Å². The highest BCUT2D eigenvalue weighted by molar-refractivity contribution is 7.86. The summed E-state index contributed by atoms with van der Waals surface area (Å²) in [5.74, 6) is -3.18. The third-order valence-electron chi connectivity index (χ3n) is 3.09. The molecule has 126 valence electrons. The molecule has 0 aliphatic rings. The Labute approximate surface area is 134 Å². The Hall–Kier alpha value is -3.05. The maximum atomic E-state index is 12.4. The molecule has 11 heteroatoms. The first-order valence-corrected chi connectivity index (χ1v) is 7.74. The van der Waals surface area contributed by atoms with E-state index in [1.54, 1.807) is 0 Å². The number of pyridine rings is 1. The number of aromatic hydroxyl groups is 2. The Kier molecular flexibility index (Phi) is 4.48. The van der Waals surface area contributed by atoms with Crippen molar-refractivity contribution in [3.05, 3.63) is 57.9 Å². The minimum Gasteiger partial charge on any atom is -0.504 e. The first-order chi connectivity index (χ1) is 11.1. The third kappa shape index (κ3) is 3.31. The molecule has 2 aromatic rings. The Balaban J connectivity index is 2.67. The molecule has 0 aliphatic heterocycles. The van der Waals surface area contributed by atoms with Gasteiger partial charge >= 0.3 is 5.69 Å². The molecule has 1 heterocycles. The van der Waals surface area contributed by atoms with E-state index in [1.807, 2.05) is 0 Å². The van der Waals surface area contributed by atoms with E-state index in [-0.39, 0.29) is 5.56 Å². The van der Waals surface area contributed by atoms with Crippen LogP contribution in [0.1, 0.15) is 21.2 Å². The van der Waals surface area contributed by atoms with Gasteiger partial charge in [0.2, 0.25) is 5.75 Å². The molecule has 0 radical (unpaired) electrons. The summed E-state index contributed by atoms with van der Waals surface area (Å²) in [6.07, 6.45) is 2.43. The van der Waals surface area contributed by atoms with Crippen LogP contribution in [-0.2, 0) is 10.1 Å². The molecule has 0 amide bonds. The van der Waals surface area contributed by atoms with Gasteiger partial charge in [0, 0.05) is 24.0 Å². The van der Waals surface area contributed by atoms with Crippen LogP contribution in [0, 0.1) is 10.1 Å². The Morgan fingerprint density at radius 2 is 1.79 bits per heavy atom. The zero-order chi connectivity index (χ0) is 18.1. The molecule has 10 nitrogen and oxygen atoms in total. The van der Waals surface area contributed by atoms with Crippen molar-refractivity contribution in [2.75, 3.05) is 0 Å². The number of carbonyl (C=O) groups is 1. The molecule has 1 unspecified atom stereocenters. The average Bonchev–Trinajstić information content (AvgIpc) is 2.50. The van der Waals surface area contributed by atoms with Crippen molar-refractivity contribution in [2.24, 2.45) is 0 Å². The lowest BCUT2D eigenvalue weighted by atomic mass is 10.0. The lowest BCUT2D eigenvalue weighted by Crippen LogP contribution is -2.22. The number of phenolic OH excluding ortho intramolecular Hbond substituents is 2. The zero-order valence-corrected chi connectivity index (χ0v) is 12.5. The van der Waals surface area contributed by atoms with Gasteiger partial charge in [-0.25, -0.2) is 0 Å². The summed E-state index contributed by atoms with van der Waals surface area (Å²) in [5.41, 5.74) is -1.70. The number of Topliss-reactive ketones (excluding diaryl/α,β-unsaturated/α-hetero) is 1. The Morgan fingerprint density at radius 3 is 2.29 bits per heavy atom. The van der Waals surface area contributed by atoms with Gasteiger partial charge in [-0.05, 0) is 23.8 Å². The highest BCUT2D eigenvalue weighted by atomic mass is 32.2. The van der Waals surface area contributed by atoms with Crippen LogP contribution in [-0.4, -0.2) is 38.9 Å². The summed E-state index contributed by atoms with van der Waals surface area (Å²) >= 11 is 0. The summed E-state index contributed by atoms with van der Waals surface area (Å²) in [6, 6.07) is 3.62. The lowest BCUT2D eigenvalue weighted by Gasteiger charge is -2.14. The van der Waals surface area contributed by atoms with Crippen LogP contribution in [0.4, 0.5) is 5.69 Å². The number of ketones is 1. The summed E-state index contributed by atoms with van der Waals surface area (Å²) < 4.78 is 32.6. The van der Waals surface area contributed by atoms with E-state index in [0.29, 0.717) is 12.1 Å². The molecule has 2 rings (SSSR count). The van der Waals surface area contributed by atoms with Crippen molar-refractivity contribution in [1.29, 1.82) is 0 Å². The molecule has 0 bridgehead atoms. The van der Waals surface area contributed by atoms with Crippen molar-refractivity contribution < 1.29 is 32.9 Å². The fourth-order valence-corrected chi connectivity index (χ4v) is 2.93. The van der Waals surface area contributed by atoms with Crippen molar-refractivity contribution >= 4 is 21.6 Å². The predicted molar refractivity (Wildman–Crippen MR) is 79.3 cm³/mol. The van der Waals surface area contributed by atoms with E-state index in [4.69, 9.17) is 0 Å². The second kappa shape index (κ2) is 6.22. The van der Waals surface area contributed by atoms with Gasteiger partial charge in [0.05, 0.1) is 4.92 Å². The first-order valence-electron chi connectivity index (χ1n) is 6.23. The van der Waals surface area contributed by atoms with Crippen molar-refractivity contribution in [2.45, 2.75) is 5.25 Å². The maximum absolute atomic E-state index is 12.4. The Morgan fingerprint density at radius 1 is 1.21 bits per heavy atom. The third-order valence-corrected chi connectivity index (χ3v) is 4.17. The van der Waals surface area contributed by atoms with Gasteiger partial charge in [-0.2, -0.15) is 8.42 Å². The minimum absolute atomic E-state index is 0.122. The van der Waals surface area contributed by atoms with Crippen molar-refractivity contribution in [3.8, 4) is 11.5 Å². The number of nitro groups is 1. The molecular weight excluding hydrogens is 344 g/mol. The molecule has 24 heavy (non-hydrogen) atoms. The topological polar surface area (TPSA) is 168 Å². The molecule has 0 saturated heterocycles.